The smallest absolute Gasteiger partial charge is 0.102 e. The maximum atomic E-state index is 9.54. The Bertz CT molecular complexity index is 151. The molecule has 64 valence electrons. The molecule has 3 heteroatoms. The lowest BCUT2D eigenvalue weighted by Gasteiger charge is -2.26. The largest absolute Gasteiger partial charge is 0.382 e. The minimum atomic E-state index is -0.147. The Hall–Kier alpha value is 0.270. The van der Waals surface area contributed by atoms with Gasteiger partial charge in [0.15, 0.2) is 0 Å². The quantitative estimate of drug-likeness (QED) is 0.596. The summed E-state index contributed by atoms with van der Waals surface area (Å²) in [6, 6.07) is 0. The number of fused-ring (bicyclic) bond motifs is 1. The first kappa shape index (κ1) is 7.90. The van der Waals surface area contributed by atoms with Gasteiger partial charge in [0.05, 0.1) is 6.61 Å². The van der Waals surface area contributed by atoms with Crippen LogP contribution in [-0.2, 0) is 4.74 Å². The van der Waals surface area contributed by atoms with Crippen LogP contribution in [0.15, 0.2) is 0 Å². The molecule has 11 heavy (non-hydrogen) atoms. The lowest BCUT2D eigenvalue weighted by atomic mass is 9.90. The molecule has 2 nitrogen and oxygen atoms in total. The lowest BCUT2D eigenvalue weighted by Crippen LogP contribution is -2.30. The number of thioether (sulfide) groups is 1. The maximum absolute atomic E-state index is 9.54. The average molecular weight is 174 g/mol. The van der Waals surface area contributed by atoms with Crippen molar-refractivity contribution >= 4 is 11.8 Å². The van der Waals surface area contributed by atoms with E-state index >= 15 is 0 Å². The molecule has 2 rings (SSSR count). The van der Waals surface area contributed by atoms with Crippen molar-refractivity contribution in [1.29, 1.82) is 0 Å². The number of rotatable bonds is 0. The van der Waals surface area contributed by atoms with Crippen LogP contribution in [0.3, 0.4) is 0 Å². The molecule has 2 aliphatic rings. The lowest BCUT2D eigenvalue weighted by molar-refractivity contribution is 0.0311. The molecule has 0 radical (unpaired) electrons. The van der Waals surface area contributed by atoms with Crippen LogP contribution in [0.2, 0.25) is 0 Å². The third kappa shape index (κ3) is 1.30. The predicted octanol–water partition coefficient (Wildman–Crippen LogP) is 1.09. The fourth-order valence-corrected chi connectivity index (χ4v) is 3.48. The molecule has 4 atom stereocenters. The highest BCUT2D eigenvalue weighted by atomic mass is 32.2. The van der Waals surface area contributed by atoms with Crippen molar-refractivity contribution in [2.45, 2.75) is 24.0 Å². The SMILES string of the molecule is CC1C(O)SC2CCOCC21. The Morgan fingerprint density at radius 2 is 2.36 bits per heavy atom. The second-order valence-electron chi connectivity index (χ2n) is 3.45. The van der Waals surface area contributed by atoms with Crippen LogP contribution in [0.25, 0.3) is 0 Å². The van der Waals surface area contributed by atoms with Crippen LogP contribution in [0.4, 0.5) is 0 Å². The highest BCUT2D eigenvalue weighted by Gasteiger charge is 2.41. The summed E-state index contributed by atoms with van der Waals surface area (Å²) in [7, 11) is 0. The minimum Gasteiger partial charge on any atom is -0.382 e. The van der Waals surface area contributed by atoms with E-state index in [2.05, 4.69) is 6.92 Å². The van der Waals surface area contributed by atoms with Gasteiger partial charge in [0.2, 0.25) is 0 Å². The summed E-state index contributed by atoms with van der Waals surface area (Å²) in [6.07, 6.45) is 1.12. The Labute approximate surface area is 71.3 Å². The van der Waals surface area contributed by atoms with Crippen molar-refractivity contribution in [3.05, 3.63) is 0 Å². The van der Waals surface area contributed by atoms with E-state index in [-0.39, 0.29) is 5.44 Å². The molecule has 2 saturated heterocycles. The van der Waals surface area contributed by atoms with Gasteiger partial charge in [-0.2, -0.15) is 0 Å². The van der Waals surface area contributed by atoms with E-state index in [0.29, 0.717) is 17.1 Å². The van der Waals surface area contributed by atoms with E-state index < -0.39 is 0 Å². The Morgan fingerprint density at radius 1 is 1.55 bits per heavy atom. The van der Waals surface area contributed by atoms with Crippen LogP contribution < -0.4 is 0 Å². The topological polar surface area (TPSA) is 29.5 Å². The number of hydrogen-bond acceptors (Lipinski definition) is 3. The van der Waals surface area contributed by atoms with Gasteiger partial charge in [-0.1, -0.05) is 6.92 Å². The summed E-state index contributed by atoms with van der Waals surface area (Å²) in [4.78, 5) is 0. The highest BCUT2D eigenvalue weighted by molar-refractivity contribution is 8.00. The first-order chi connectivity index (χ1) is 5.29. The molecule has 0 bridgehead atoms. The van der Waals surface area contributed by atoms with Crippen molar-refractivity contribution in [1.82, 2.24) is 0 Å². The molecular formula is C8H14O2S. The van der Waals surface area contributed by atoms with Gasteiger partial charge in [0.25, 0.3) is 0 Å². The van der Waals surface area contributed by atoms with E-state index in [0.717, 1.165) is 19.6 Å². The second kappa shape index (κ2) is 2.96. The normalized spacial score (nSPS) is 50.7. The summed E-state index contributed by atoms with van der Waals surface area (Å²) in [5.41, 5.74) is -0.147. The van der Waals surface area contributed by atoms with Crippen LogP contribution in [-0.4, -0.2) is 29.0 Å². The Balaban J connectivity index is 2.05. The summed E-state index contributed by atoms with van der Waals surface area (Å²) in [5, 5.41) is 10.2. The molecule has 4 unspecified atom stereocenters. The fraction of sp³-hybridized carbons (Fsp3) is 1.00. The van der Waals surface area contributed by atoms with E-state index in [1.807, 2.05) is 0 Å². The second-order valence-corrected chi connectivity index (χ2v) is 4.81. The highest BCUT2D eigenvalue weighted by Crippen LogP contribution is 2.44. The van der Waals surface area contributed by atoms with Gasteiger partial charge >= 0.3 is 0 Å². The van der Waals surface area contributed by atoms with Crippen molar-refractivity contribution in [3.8, 4) is 0 Å². The molecule has 0 amide bonds. The van der Waals surface area contributed by atoms with Crippen LogP contribution in [0, 0.1) is 11.8 Å². The molecule has 0 aromatic rings. The molecule has 0 aliphatic carbocycles. The van der Waals surface area contributed by atoms with Gasteiger partial charge in [-0.05, 0) is 12.3 Å². The van der Waals surface area contributed by atoms with E-state index in [4.69, 9.17) is 4.74 Å². The zero-order valence-corrected chi connectivity index (χ0v) is 7.51. The number of ether oxygens (including phenoxy) is 1. The van der Waals surface area contributed by atoms with Crippen molar-refractivity contribution in [2.75, 3.05) is 13.2 Å². The van der Waals surface area contributed by atoms with Gasteiger partial charge in [0, 0.05) is 17.8 Å². The van der Waals surface area contributed by atoms with Gasteiger partial charge < -0.3 is 9.84 Å². The minimum absolute atomic E-state index is 0.147. The number of aliphatic hydroxyl groups excluding tert-OH is 1. The summed E-state index contributed by atoms with van der Waals surface area (Å²) in [5.74, 6) is 1.02. The molecule has 0 aromatic carbocycles. The first-order valence-corrected chi connectivity index (χ1v) is 5.14. The first-order valence-electron chi connectivity index (χ1n) is 4.20. The molecule has 0 aromatic heterocycles. The predicted molar refractivity (Wildman–Crippen MR) is 45.5 cm³/mol. The van der Waals surface area contributed by atoms with E-state index in [1.54, 1.807) is 11.8 Å². The van der Waals surface area contributed by atoms with Crippen molar-refractivity contribution in [3.63, 3.8) is 0 Å². The average Bonchev–Trinajstić information content (AvgIpc) is 2.30. The molecule has 1 N–H and O–H groups in total. The van der Waals surface area contributed by atoms with Crippen LogP contribution >= 0.6 is 11.8 Å². The summed E-state index contributed by atoms with van der Waals surface area (Å²) >= 11 is 1.73. The van der Waals surface area contributed by atoms with E-state index in [9.17, 15) is 5.11 Å². The standard InChI is InChI=1S/C8H14O2S/c1-5-6-4-10-3-2-7(6)11-8(5)9/h5-9H,2-4H2,1H3. The molecule has 0 saturated carbocycles. The van der Waals surface area contributed by atoms with Gasteiger partial charge in [-0.25, -0.2) is 0 Å². The molecule has 0 spiro atoms. The summed E-state index contributed by atoms with van der Waals surface area (Å²) in [6.45, 7) is 3.86. The van der Waals surface area contributed by atoms with Crippen molar-refractivity contribution < 1.29 is 9.84 Å². The molecule has 2 aliphatic heterocycles. The zero-order chi connectivity index (χ0) is 7.84. The van der Waals surface area contributed by atoms with Crippen molar-refractivity contribution in [2.24, 2.45) is 11.8 Å². The maximum Gasteiger partial charge on any atom is 0.102 e. The van der Waals surface area contributed by atoms with Crippen LogP contribution in [0.5, 0.6) is 0 Å². The summed E-state index contributed by atoms with van der Waals surface area (Å²) < 4.78 is 5.38. The van der Waals surface area contributed by atoms with Gasteiger partial charge in [0.1, 0.15) is 5.44 Å². The number of hydrogen-bond donors (Lipinski definition) is 1. The monoisotopic (exact) mass is 174 g/mol. The fourth-order valence-electron chi connectivity index (χ4n) is 1.91. The number of aliphatic hydroxyl groups is 1. The van der Waals surface area contributed by atoms with Gasteiger partial charge in [-0.3, -0.25) is 0 Å². The molecule has 2 heterocycles. The Kier molecular flexibility index (Phi) is 2.12. The van der Waals surface area contributed by atoms with Gasteiger partial charge in [-0.15, -0.1) is 11.8 Å². The third-order valence-electron chi connectivity index (χ3n) is 2.77. The third-order valence-corrected chi connectivity index (χ3v) is 4.42. The van der Waals surface area contributed by atoms with Crippen LogP contribution in [0.1, 0.15) is 13.3 Å². The molecule has 2 fully saturated rings. The van der Waals surface area contributed by atoms with E-state index in [1.165, 1.54) is 0 Å². The molecular weight excluding hydrogens is 160 g/mol. The zero-order valence-electron chi connectivity index (χ0n) is 6.69. The Morgan fingerprint density at radius 3 is 3.09 bits per heavy atom.